The Labute approximate surface area is 65.4 Å². The first-order valence-electron chi connectivity index (χ1n) is 3.32. The fourth-order valence-electron chi connectivity index (χ4n) is 0.642. The molecule has 0 aromatic heterocycles. The summed E-state index contributed by atoms with van der Waals surface area (Å²) in [5.41, 5.74) is 6.43. The van der Waals surface area contributed by atoms with Crippen LogP contribution in [-0.2, 0) is 0 Å². The van der Waals surface area contributed by atoms with Gasteiger partial charge in [0, 0.05) is 6.20 Å². The van der Waals surface area contributed by atoms with Gasteiger partial charge in [-0.3, -0.25) is 5.32 Å². The van der Waals surface area contributed by atoms with Crippen molar-refractivity contribution in [1.29, 1.82) is 0 Å². The van der Waals surface area contributed by atoms with Gasteiger partial charge < -0.3 is 11.1 Å². The molecule has 1 heterocycles. The van der Waals surface area contributed by atoms with Crippen molar-refractivity contribution in [2.75, 3.05) is 13.1 Å². The molecule has 3 nitrogen and oxygen atoms in total. The predicted molar refractivity (Wildman–Crippen MR) is 44.8 cm³/mol. The standard InChI is InChI=1S/C6H12N3S/c7-2-1-3-8-6-9-4-5-10-6/h4-5,8-9H,1-3,7H2. The van der Waals surface area contributed by atoms with Gasteiger partial charge in [-0.25, -0.2) is 0 Å². The molecule has 0 saturated heterocycles. The van der Waals surface area contributed by atoms with Crippen molar-refractivity contribution >= 4 is 11.8 Å². The van der Waals surface area contributed by atoms with Gasteiger partial charge in [-0.2, -0.15) is 0 Å². The van der Waals surface area contributed by atoms with Crippen LogP contribution in [0.2, 0.25) is 0 Å². The number of hydrogen-bond donors (Lipinski definition) is 3. The zero-order valence-corrected chi connectivity index (χ0v) is 6.58. The van der Waals surface area contributed by atoms with Crippen LogP contribution >= 0.6 is 11.8 Å². The second-order valence-electron chi connectivity index (χ2n) is 1.96. The molecular weight excluding hydrogens is 146 g/mol. The number of nitrogens with two attached hydrogens (primary N) is 1. The summed E-state index contributed by atoms with van der Waals surface area (Å²) in [5.74, 6) is 0. The van der Waals surface area contributed by atoms with Crippen LogP contribution in [0, 0.1) is 5.50 Å². The lowest BCUT2D eigenvalue weighted by Gasteiger charge is -2.08. The third-order valence-corrected chi connectivity index (χ3v) is 1.90. The Morgan fingerprint density at radius 2 is 2.60 bits per heavy atom. The summed E-state index contributed by atoms with van der Waals surface area (Å²) in [6.07, 6.45) is 2.93. The lowest BCUT2D eigenvalue weighted by atomic mass is 10.4. The van der Waals surface area contributed by atoms with Crippen molar-refractivity contribution in [3.63, 3.8) is 0 Å². The average Bonchev–Trinajstić information content (AvgIpc) is 2.41. The van der Waals surface area contributed by atoms with Crippen LogP contribution in [0.25, 0.3) is 0 Å². The predicted octanol–water partition coefficient (Wildman–Crippen LogP) is 0.179. The maximum absolute atomic E-state index is 5.32. The van der Waals surface area contributed by atoms with E-state index in [9.17, 15) is 0 Å². The molecule has 0 amide bonds. The van der Waals surface area contributed by atoms with Crippen molar-refractivity contribution in [2.24, 2.45) is 5.73 Å². The fraction of sp³-hybridized carbons (Fsp3) is 0.500. The molecule has 1 radical (unpaired) electrons. The summed E-state index contributed by atoms with van der Waals surface area (Å²) >= 11 is 1.67. The van der Waals surface area contributed by atoms with E-state index < -0.39 is 0 Å². The molecule has 0 fully saturated rings. The Morgan fingerprint density at radius 1 is 1.70 bits per heavy atom. The van der Waals surface area contributed by atoms with Gasteiger partial charge in [-0.1, -0.05) is 11.8 Å². The second-order valence-corrected chi connectivity index (χ2v) is 2.88. The molecule has 0 aromatic carbocycles. The maximum Gasteiger partial charge on any atom is 0.188 e. The molecule has 1 rings (SSSR count). The third kappa shape index (κ3) is 2.60. The van der Waals surface area contributed by atoms with Gasteiger partial charge in [-0.05, 0) is 24.9 Å². The first-order chi connectivity index (χ1) is 4.93. The summed E-state index contributed by atoms with van der Waals surface area (Å²) in [7, 11) is 0. The molecule has 0 aromatic rings. The Kier molecular flexibility index (Phi) is 3.64. The second kappa shape index (κ2) is 4.60. The van der Waals surface area contributed by atoms with E-state index in [0.29, 0.717) is 0 Å². The van der Waals surface area contributed by atoms with Gasteiger partial charge in [0.05, 0.1) is 0 Å². The van der Waals surface area contributed by atoms with Crippen LogP contribution in [0.3, 0.4) is 0 Å². The molecule has 4 N–H and O–H groups in total. The van der Waals surface area contributed by atoms with Gasteiger partial charge >= 0.3 is 0 Å². The summed E-state index contributed by atoms with van der Waals surface area (Å²) in [6.45, 7) is 1.70. The van der Waals surface area contributed by atoms with E-state index in [1.165, 1.54) is 0 Å². The molecule has 57 valence electrons. The van der Waals surface area contributed by atoms with Gasteiger partial charge in [0.1, 0.15) is 0 Å². The van der Waals surface area contributed by atoms with Crippen molar-refractivity contribution < 1.29 is 0 Å². The van der Waals surface area contributed by atoms with Gasteiger partial charge in [0.2, 0.25) is 0 Å². The zero-order chi connectivity index (χ0) is 7.23. The fourth-order valence-corrected chi connectivity index (χ4v) is 1.24. The van der Waals surface area contributed by atoms with E-state index in [1.807, 2.05) is 11.6 Å². The summed E-state index contributed by atoms with van der Waals surface area (Å²) < 4.78 is 0. The van der Waals surface area contributed by atoms with Crippen LogP contribution in [0.1, 0.15) is 6.42 Å². The average molecular weight is 158 g/mol. The highest BCUT2D eigenvalue weighted by atomic mass is 32.2. The Balaban J connectivity index is 1.93. The number of rotatable bonds is 4. The quantitative estimate of drug-likeness (QED) is 0.511. The van der Waals surface area contributed by atoms with E-state index in [2.05, 4.69) is 10.6 Å². The number of nitrogens with one attached hydrogen (secondary N) is 2. The first-order valence-corrected chi connectivity index (χ1v) is 4.20. The minimum absolute atomic E-state index is 0.748. The molecule has 1 aliphatic heterocycles. The molecule has 1 aliphatic rings. The minimum Gasteiger partial charge on any atom is -0.360 e. The molecule has 0 saturated carbocycles. The lowest BCUT2D eigenvalue weighted by molar-refractivity contribution is 0.681. The van der Waals surface area contributed by atoms with E-state index in [4.69, 9.17) is 5.73 Å². The van der Waals surface area contributed by atoms with E-state index in [0.717, 1.165) is 25.0 Å². The topological polar surface area (TPSA) is 50.1 Å². The molecule has 4 heteroatoms. The molecule has 10 heavy (non-hydrogen) atoms. The van der Waals surface area contributed by atoms with Gasteiger partial charge in [0.15, 0.2) is 5.50 Å². The third-order valence-electron chi connectivity index (χ3n) is 1.13. The van der Waals surface area contributed by atoms with Crippen molar-refractivity contribution in [2.45, 2.75) is 6.42 Å². The monoisotopic (exact) mass is 158 g/mol. The van der Waals surface area contributed by atoms with E-state index in [1.54, 1.807) is 11.8 Å². The van der Waals surface area contributed by atoms with Gasteiger partial charge in [-0.15, -0.1) is 0 Å². The van der Waals surface area contributed by atoms with Crippen LogP contribution in [0.4, 0.5) is 0 Å². The van der Waals surface area contributed by atoms with Crippen LogP contribution < -0.4 is 16.4 Å². The lowest BCUT2D eigenvalue weighted by Crippen LogP contribution is -2.27. The highest BCUT2D eigenvalue weighted by Crippen LogP contribution is 2.18. The molecule has 0 aliphatic carbocycles. The van der Waals surface area contributed by atoms with Crippen LogP contribution in [0.15, 0.2) is 11.6 Å². The summed E-state index contributed by atoms with van der Waals surface area (Å²) in [6, 6.07) is 0. The number of thioether (sulfide) groups is 1. The van der Waals surface area contributed by atoms with Crippen molar-refractivity contribution in [1.82, 2.24) is 10.6 Å². The first kappa shape index (κ1) is 7.91. The summed E-state index contributed by atoms with van der Waals surface area (Å²) in [4.78, 5) is 0. The van der Waals surface area contributed by atoms with E-state index in [-0.39, 0.29) is 0 Å². The largest absolute Gasteiger partial charge is 0.360 e. The summed E-state index contributed by atoms with van der Waals surface area (Å²) in [5, 5.41) is 8.28. The smallest absolute Gasteiger partial charge is 0.188 e. The Bertz CT molecular complexity index is 108. The maximum atomic E-state index is 5.32. The van der Waals surface area contributed by atoms with E-state index >= 15 is 0 Å². The Morgan fingerprint density at radius 3 is 3.20 bits per heavy atom. The Hall–Kier alpha value is -0.190. The highest BCUT2D eigenvalue weighted by Gasteiger charge is 2.08. The minimum atomic E-state index is 0.748. The molecule has 0 unspecified atom stereocenters. The zero-order valence-electron chi connectivity index (χ0n) is 5.76. The molecule has 0 atom stereocenters. The van der Waals surface area contributed by atoms with Crippen molar-refractivity contribution in [3.05, 3.63) is 17.1 Å². The molecule has 0 spiro atoms. The number of hydrogen-bond acceptors (Lipinski definition) is 4. The molecule has 0 bridgehead atoms. The highest BCUT2D eigenvalue weighted by molar-refractivity contribution is 8.05. The van der Waals surface area contributed by atoms with Crippen molar-refractivity contribution in [3.8, 4) is 0 Å². The van der Waals surface area contributed by atoms with Crippen LogP contribution in [0.5, 0.6) is 0 Å². The van der Waals surface area contributed by atoms with Gasteiger partial charge in [0.25, 0.3) is 0 Å². The SMILES string of the molecule is NCCCN[C]1NC=CS1. The van der Waals surface area contributed by atoms with Crippen LogP contribution in [-0.4, -0.2) is 13.1 Å². The normalized spacial score (nSPS) is 17.7. The molecular formula is C6H12N3S.